The minimum atomic E-state index is -4.07. The van der Waals surface area contributed by atoms with Crippen LogP contribution in [0.25, 0.3) is 0 Å². The summed E-state index contributed by atoms with van der Waals surface area (Å²) in [5, 5.41) is 24.3. The Hall–Kier alpha value is -3.98. The second-order valence-electron chi connectivity index (χ2n) is 12.7. The van der Waals surface area contributed by atoms with Crippen molar-refractivity contribution in [3.8, 4) is 11.5 Å². The molecule has 2 amide bonds. The van der Waals surface area contributed by atoms with Crippen LogP contribution in [0, 0.1) is 0 Å². The highest BCUT2D eigenvalue weighted by molar-refractivity contribution is 7.98. The number of ether oxygens (including phenoxy) is 1. The Morgan fingerprint density at radius 2 is 1.62 bits per heavy atom. The average Bonchev–Trinajstić information content (AvgIpc) is 3.21. The second-order valence-corrected chi connectivity index (χ2v) is 15.2. The molecule has 2 atom stereocenters. The summed E-state index contributed by atoms with van der Waals surface area (Å²) in [6, 6.07) is 16.0. The van der Waals surface area contributed by atoms with Gasteiger partial charge in [0.05, 0.1) is 16.1 Å². The SMILES string of the molecule is CCCCC1(CCCC)CN(c2ccccc2)c2cc(SC)c(OCC(=O)N[C@@H](C(=O)N[C@@H](CC)C(=O)O)c3ccc(O)cc3)cc2S(=O)(=O)N1.Cl. The van der Waals surface area contributed by atoms with Crippen molar-refractivity contribution in [3.05, 3.63) is 72.3 Å². The zero-order chi connectivity index (χ0) is 37.2. The first kappa shape index (κ1) is 42.4. The van der Waals surface area contributed by atoms with Crippen molar-refractivity contribution in [1.82, 2.24) is 15.4 Å². The lowest BCUT2D eigenvalue weighted by Gasteiger charge is -2.37. The van der Waals surface area contributed by atoms with Gasteiger partial charge in [-0.15, -0.1) is 24.2 Å². The van der Waals surface area contributed by atoms with Gasteiger partial charge in [0.2, 0.25) is 15.9 Å². The van der Waals surface area contributed by atoms with Crippen LogP contribution in [-0.2, 0) is 24.4 Å². The summed E-state index contributed by atoms with van der Waals surface area (Å²) in [6.45, 7) is 5.64. The Balaban J connectivity index is 0.00000729. The quantitative estimate of drug-likeness (QED) is 0.0979. The number of halogens is 1. The van der Waals surface area contributed by atoms with Crippen LogP contribution in [0.1, 0.15) is 77.3 Å². The zero-order valence-electron chi connectivity index (χ0n) is 29.9. The van der Waals surface area contributed by atoms with E-state index in [4.69, 9.17) is 4.74 Å². The van der Waals surface area contributed by atoms with Crippen molar-refractivity contribution in [2.24, 2.45) is 0 Å². The molecule has 1 aliphatic rings. The van der Waals surface area contributed by atoms with Gasteiger partial charge in [-0.2, -0.15) is 0 Å². The van der Waals surface area contributed by atoms with Crippen molar-refractivity contribution < 1.29 is 37.8 Å². The normalized spacial score (nSPS) is 15.6. The number of aliphatic carboxylic acids is 1. The number of phenolic OH excluding ortho intramolecular Hbond substituents is 1. The molecule has 1 heterocycles. The van der Waals surface area contributed by atoms with Gasteiger partial charge in [-0.05, 0) is 61.4 Å². The van der Waals surface area contributed by atoms with E-state index in [1.54, 1.807) is 13.0 Å². The molecule has 0 saturated heterocycles. The van der Waals surface area contributed by atoms with E-state index in [0.29, 0.717) is 35.5 Å². The van der Waals surface area contributed by atoms with E-state index in [0.717, 1.165) is 31.4 Å². The van der Waals surface area contributed by atoms with Crippen molar-refractivity contribution in [1.29, 1.82) is 0 Å². The summed E-state index contributed by atoms with van der Waals surface area (Å²) in [6.07, 6.45) is 6.81. The average molecular weight is 777 g/mol. The molecule has 0 saturated carbocycles. The fourth-order valence-corrected chi connectivity index (χ4v) is 8.35. The van der Waals surface area contributed by atoms with Crippen LogP contribution in [0.4, 0.5) is 11.4 Å². The zero-order valence-corrected chi connectivity index (χ0v) is 32.3. The van der Waals surface area contributed by atoms with Crippen LogP contribution in [0.3, 0.4) is 0 Å². The van der Waals surface area contributed by atoms with Crippen LogP contribution in [0.15, 0.2) is 76.5 Å². The highest BCUT2D eigenvalue weighted by Crippen LogP contribution is 2.44. The molecule has 1 aliphatic heterocycles. The molecule has 12 nitrogen and oxygen atoms in total. The lowest BCUT2D eigenvalue weighted by atomic mass is 9.87. The fourth-order valence-electron chi connectivity index (χ4n) is 6.15. The molecule has 0 bridgehead atoms. The predicted octanol–water partition coefficient (Wildman–Crippen LogP) is 6.30. The minimum Gasteiger partial charge on any atom is -0.508 e. The highest BCUT2D eigenvalue weighted by Gasteiger charge is 2.42. The number of benzene rings is 3. The maximum absolute atomic E-state index is 14.3. The van der Waals surface area contributed by atoms with Gasteiger partial charge < -0.3 is 30.5 Å². The molecule has 5 N–H and O–H groups in total. The van der Waals surface area contributed by atoms with Crippen molar-refractivity contribution in [2.45, 2.75) is 93.1 Å². The number of carbonyl (C=O) groups excluding carboxylic acids is 2. The van der Waals surface area contributed by atoms with Gasteiger partial charge in [-0.3, -0.25) is 9.59 Å². The molecule has 0 aliphatic carbocycles. The number of rotatable bonds is 17. The Morgan fingerprint density at radius 1 is 0.981 bits per heavy atom. The van der Waals surface area contributed by atoms with E-state index in [9.17, 15) is 33.0 Å². The number of carbonyl (C=O) groups is 3. The number of aromatic hydroxyl groups is 1. The topological polar surface area (TPSA) is 174 Å². The number of thioether (sulfide) groups is 1. The lowest BCUT2D eigenvalue weighted by Crippen LogP contribution is -2.53. The Labute approximate surface area is 316 Å². The first-order valence-electron chi connectivity index (χ1n) is 17.2. The summed E-state index contributed by atoms with van der Waals surface area (Å²) >= 11 is 1.34. The van der Waals surface area contributed by atoms with Gasteiger partial charge in [-0.25, -0.2) is 17.9 Å². The number of sulfonamides is 1. The molecule has 0 radical (unpaired) electrons. The molecule has 0 unspecified atom stereocenters. The van der Waals surface area contributed by atoms with Crippen LogP contribution in [0.2, 0.25) is 0 Å². The Bertz CT molecular complexity index is 1770. The van der Waals surface area contributed by atoms with E-state index in [1.807, 2.05) is 36.6 Å². The van der Waals surface area contributed by atoms with Gasteiger partial charge in [0.1, 0.15) is 28.5 Å². The van der Waals surface area contributed by atoms with E-state index in [1.165, 1.54) is 42.1 Å². The lowest BCUT2D eigenvalue weighted by molar-refractivity contribution is -0.142. The van der Waals surface area contributed by atoms with Gasteiger partial charge >= 0.3 is 5.97 Å². The van der Waals surface area contributed by atoms with Crippen molar-refractivity contribution in [2.75, 3.05) is 24.3 Å². The molecule has 15 heteroatoms. The number of anilines is 2. The molecular weight excluding hydrogens is 728 g/mol. The molecule has 0 fully saturated rings. The van der Waals surface area contributed by atoms with E-state index < -0.39 is 52.0 Å². The second kappa shape index (κ2) is 19.2. The van der Waals surface area contributed by atoms with Crippen LogP contribution in [0.5, 0.6) is 11.5 Å². The van der Waals surface area contributed by atoms with Gasteiger partial charge in [0.25, 0.3) is 5.91 Å². The molecular formula is C37H49ClN4O8S2. The summed E-state index contributed by atoms with van der Waals surface area (Å²) in [7, 11) is -4.07. The number of unbranched alkanes of at least 4 members (excludes halogenated alkanes) is 2. The first-order chi connectivity index (χ1) is 24.4. The fraction of sp³-hybridized carbons (Fsp3) is 0.432. The number of carboxylic acids is 1. The largest absolute Gasteiger partial charge is 0.508 e. The third kappa shape index (κ3) is 10.6. The molecule has 284 valence electrons. The maximum Gasteiger partial charge on any atom is 0.326 e. The van der Waals surface area contributed by atoms with Gasteiger partial charge in [0.15, 0.2) is 6.61 Å². The molecule has 3 aromatic carbocycles. The number of carboxylic acid groups (broad SMARTS) is 1. The number of para-hydroxylation sites is 1. The first-order valence-corrected chi connectivity index (χ1v) is 19.9. The molecule has 0 spiro atoms. The third-order valence-corrected chi connectivity index (χ3v) is 11.3. The van der Waals surface area contributed by atoms with Gasteiger partial charge in [-0.1, -0.05) is 76.8 Å². The number of nitrogens with one attached hydrogen (secondary N) is 3. The summed E-state index contributed by atoms with van der Waals surface area (Å²) in [5.74, 6) is -2.57. The number of fused-ring (bicyclic) bond motifs is 1. The highest BCUT2D eigenvalue weighted by atomic mass is 35.5. The standard InChI is InChI=1S/C37H48N4O8S2.ClH/c1-5-8-19-37(20-9-6-2)24-41(26-13-11-10-12-14-26)29-21-31(50-4)30(22-32(29)51(47,48)40-37)49-23-33(43)39-34(25-15-17-27(42)18-16-25)35(44)38-28(7-3)36(45)46;/h10-18,21-22,28,34,40,42H,5-9,19-20,23-24H2,1-4H3,(H,38,44)(H,39,43)(H,45,46);1H/t28-,34+;/m0./s1. The third-order valence-electron chi connectivity index (χ3n) is 8.90. The van der Waals surface area contributed by atoms with E-state index >= 15 is 0 Å². The summed E-state index contributed by atoms with van der Waals surface area (Å²) < 4.78 is 37.6. The van der Waals surface area contributed by atoms with E-state index in [2.05, 4.69) is 34.1 Å². The van der Waals surface area contributed by atoms with E-state index in [-0.39, 0.29) is 35.2 Å². The van der Waals surface area contributed by atoms with Gasteiger partial charge in [0, 0.05) is 18.3 Å². The number of nitrogens with zero attached hydrogens (tertiary/aromatic N) is 1. The number of amides is 2. The smallest absolute Gasteiger partial charge is 0.326 e. The summed E-state index contributed by atoms with van der Waals surface area (Å²) in [4.78, 5) is 40.8. The van der Waals surface area contributed by atoms with Crippen molar-refractivity contribution >= 4 is 63.4 Å². The minimum absolute atomic E-state index is 0. The Kier molecular flexibility index (Phi) is 15.7. The van der Waals surface area contributed by atoms with Crippen LogP contribution < -0.4 is 25.0 Å². The molecule has 3 aromatic rings. The molecule has 0 aromatic heterocycles. The summed E-state index contributed by atoms with van der Waals surface area (Å²) in [5.41, 5.74) is 0.933. The molecule has 4 rings (SSSR count). The number of hydrogen-bond acceptors (Lipinski definition) is 9. The monoisotopic (exact) mass is 776 g/mol. The predicted molar refractivity (Wildman–Crippen MR) is 205 cm³/mol. The Morgan fingerprint density at radius 3 is 2.17 bits per heavy atom. The van der Waals surface area contributed by atoms with Crippen LogP contribution in [-0.4, -0.2) is 67.4 Å². The maximum atomic E-state index is 14.3. The number of phenols is 1. The van der Waals surface area contributed by atoms with Crippen LogP contribution >= 0.6 is 24.2 Å². The number of hydrogen-bond donors (Lipinski definition) is 5. The van der Waals surface area contributed by atoms with Crippen molar-refractivity contribution in [3.63, 3.8) is 0 Å². The molecule has 52 heavy (non-hydrogen) atoms.